The largest absolute Gasteiger partial charge is 0.491 e. The maximum Gasteiger partial charge on any atom is 0.267 e. The van der Waals surface area contributed by atoms with Crippen LogP contribution in [0.3, 0.4) is 0 Å². The smallest absolute Gasteiger partial charge is 0.267 e. The van der Waals surface area contributed by atoms with Crippen LogP contribution in [0.25, 0.3) is 22.6 Å². The third-order valence-electron chi connectivity index (χ3n) is 4.17. The maximum atomic E-state index is 12.2. The molecule has 146 valence electrons. The van der Waals surface area contributed by atoms with Gasteiger partial charge in [0.25, 0.3) is 5.56 Å². The van der Waals surface area contributed by atoms with Gasteiger partial charge in [-0.3, -0.25) is 4.79 Å². The summed E-state index contributed by atoms with van der Waals surface area (Å²) in [7, 11) is 0. The summed E-state index contributed by atoms with van der Waals surface area (Å²) in [5.41, 5.74) is 2.19. The Hall–Kier alpha value is -3.74. The minimum atomic E-state index is -0.236. The van der Waals surface area contributed by atoms with Gasteiger partial charge in [-0.05, 0) is 44.2 Å². The molecule has 7 heteroatoms. The van der Waals surface area contributed by atoms with Crippen LogP contribution in [-0.2, 0) is 6.54 Å². The predicted molar refractivity (Wildman–Crippen MR) is 109 cm³/mol. The lowest BCUT2D eigenvalue weighted by molar-refractivity contribution is 0.242. The number of ether oxygens (including phenoxy) is 1. The Kier molecular flexibility index (Phi) is 5.20. The van der Waals surface area contributed by atoms with Gasteiger partial charge in [0.05, 0.1) is 11.8 Å². The lowest BCUT2D eigenvalue weighted by atomic mass is 10.1. The molecule has 0 aliphatic heterocycles. The highest BCUT2D eigenvalue weighted by Crippen LogP contribution is 2.21. The van der Waals surface area contributed by atoms with Crippen molar-refractivity contribution >= 4 is 0 Å². The molecule has 0 amide bonds. The van der Waals surface area contributed by atoms with Crippen LogP contribution in [0.1, 0.15) is 19.7 Å². The normalized spacial score (nSPS) is 11.0. The molecule has 29 heavy (non-hydrogen) atoms. The fourth-order valence-electron chi connectivity index (χ4n) is 2.84. The molecular formula is C22H20N4O3. The molecule has 2 aromatic heterocycles. The molecule has 0 fully saturated rings. The van der Waals surface area contributed by atoms with Gasteiger partial charge in [0.1, 0.15) is 12.3 Å². The standard InChI is InChI=1S/C22H20N4O3/c1-15(2)28-18-10-8-17(9-11-18)22-23-20(29-25-22)14-26-21(27)13-12-19(24-26)16-6-4-3-5-7-16/h3-13,15H,14H2,1-2H3. The molecular weight excluding hydrogens is 368 g/mol. The zero-order valence-electron chi connectivity index (χ0n) is 16.1. The highest BCUT2D eigenvalue weighted by Gasteiger charge is 2.12. The summed E-state index contributed by atoms with van der Waals surface area (Å²) < 4.78 is 12.3. The molecule has 0 unspecified atom stereocenters. The summed E-state index contributed by atoms with van der Waals surface area (Å²) in [5.74, 6) is 1.53. The topological polar surface area (TPSA) is 83.0 Å². The first-order valence-electron chi connectivity index (χ1n) is 9.32. The van der Waals surface area contributed by atoms with E-state index in [0.29, 0.717) is 17.4 Å². The molecule has 0 aliphatic rings. The third kappa shape index (κ3) is 4.40. The van der Waals surface area contributed by atoms with Crippen LogP contribution in [0.5, 0.6) is 5.75 Å². The first-order valence-corrected chi connectivity index (χ1v) is 9.32. The van der Waals surface area contributed by atoms with Gasteiger partial charge in [0, 0.05) is 17.2 Å². The number of aromatic nitrogens is 4. The van der Waals surface area contributed by atoms with Gasteiger partial charge >= 0.3 is 0 Å². The van der Waals surface area contributed by atoms with Crippen molar-refractivity contribution in [1.29, 1.82) is 0 Å². The Balaban J connectivity index is 1.54. The van der Waals surface area contributed by atoms with E-state index in [-0.39, 0.29) is 18.2 Å². The Bertz CT molecular complexity index is 1150. The van der Waals surface area contributed by atoms with E-state index >= 15 is 0 Å². The third-order valence-corrected chi connectivity index (χ3v) is 4.17. The first-order chi connectivity index (χ1) is 14.1. The lowest BCUT2D eigenvalue weighted by Crippen LogP contribution is -2.23. The molecule has 0 radical (unpaired) electrons. The molecule has 0 aliphatic carbocycles. The molecule has 4 aromatic rings. The van der Waals surface area contributed by atoms with Crippen molar-refractivity contribution in [2.75, 3.05) is 0 Å². The molecule has 0 atom stereocenters. The van der Waals surface area contributed by atoms with Gasteiger partial charge in [-0.15, -0.1) is 0 Å². The van der Waals surface area contributed by atoms with Gasteiger partial charge in [0.15, 0.2) is 0 Å². The fourth-order valence-corrected chi connectivity index (χ4v) is 2.84. The zero-order chi connectivity index (χ0) is 20.2. The SMILES string of the molecule is CC(C)Oc1ccc(-c2noc(Cn3nc(-c4ccccc4)ccc3=O)n2)cc1. The highest BCUT2D eigenvalue weighted by atomic mass is 16.5. The van der Waals surface area contributed by atoms with E-state index in [1.54, 1.807) is 6.07 Å². The zero-order valence-corrected chi connectivity index (χ0v) is 16.1. The van der Waals surface area contributed by atoms with Crippen molar-refractivity contribution in [3.8, 4) is 28.4 Å². The minimum absolute atomic E-state index is 0.0983. The number of rotatable bonds is 6. The van der Waals surface area contributed by atoms with Crippen LogP contribution < -0.4 is 10.3 Å². The maximum absolute atomic E-state index is 12.2. The van der Waals surface area contributed by atoms with E-state index in [1.807, 2.05) is 68.4 Å². The Morgan fingerprint density at radius 1 is 0.966 bits per heavy atom. The quantitative estimate of drug-likeness (QED) is 0.500. The average molecular weight is 388 g/mol. The van der Waals surface area contributed by atoms with E-state index in [4.69, 9.17) is 9.26 Å². The van der Waals surface area contributed by atoms with Crippen LogP contribution in [0.15, 0.2) is 76.0 Å². The molecule has 0 saturated heterocycles. The van der Waals surface area contributed by atoms with E-state index in [2.05, 4.69) is 15.2 Å². The second-order valence-electron chi connectivity index (χ2n) is 6.78. The van der Waals surface area contributed by atoms with Gasteiger partial charge < -0.3 is 9.26 Å². The second-order valence-corrected chi connectivity index (χ2v) is 6.78. The predicted octanol–water partition coefficient (Wildman–Crippen LogP) is 3.80. The number of hydrogen-bond acceptors (Lipinski definition) is 6. The molecule has 4 rings (SSSR count). The summed E-state index contributed by atoms with van der Waals surface area (Å²) >= 11 is 0. The van der Waals surface area contributed by atoms with E-state index in [9.17, 15) is 4.79 Å². The molecule has 0 spiro atoms. The summed E-state index contributed by atoms with van der Waals surface area (Å²) in [6.07, 6.45) is 0.107. The molecule has 2 heterocycles. The monoisotopic (exact) mass is 388 g/mol. The van der Waals surface area contributed by atoms with Crippen LogP contribution in [0.2, 0.25) is 0 Å². The fraction of sp³-hybridized carbons (Fsp3) is 0.182. The average Bonchev–Trinajstić information content (AvgIpc) is 3.19. The summed E-state index contributed by atoms with van der Waals surface area (Å²) in [5, 5.41) is 8.43. The molecule has 0 bridgehead atoms. The minimum Gasteiger partial charge on any atom is -0.491 e. The molecule has 0 N–H and O–H groups in total. The van der Waals surface area contributed by atoms with Crippen molar-refractivity contribution in [3.63, 3.8) is 0 Å². The van der Waals surface area contributed by atoms with Crippen LogP contribution in [0.4, 0.5) is 0 Å². The first kappa shape index (κ1) is 18.6. The Morgan fingerprint density at radius 3 is 2.45 bits per heavy atom. The van der Waals surface area contributed by atoms with Gasteiger partial charge in [0.2, 0.25) is 11.7 Å². The van der Waals surface area contributed by atoms with Crippen LogP contribution in [0, 0.1) is 0 Å². The summed E-state index contributed by atoms with van der Waals surface area (Å²) in [4.78, 5) is 16.6. The summed E-state index contributed by atoms with van der Waals surface area (Å²) in [6, 6.07) is 20.3. The number of hydrogen-bond donors (Lipinski definition) is 0. The van der Waals surface area contributed by atoms with Crippen molar-refractivity contribution in [1.82, 2.24) is 19.9 Å². The summed E-state index contributed by atoms with van der Waals surface area (Å²) in [6.45, 7) is 4.05. The Morgan fingerprint density at radius 2 is 1.72 bits per heavy atom. The molecule has 2 aromatic carbocycles. The van der Waals surface area contributed by atoms with Gasteiger partial charge in [-0.25, -0.2) is 4.68 Å². The number of benzene rings is 2. The van der Waals surface area contributed by atoms with Gasteiger partial charge in [-0.1, -0.05) is 35.5 Å². The highest BCUT2D eigenvalue weighted by molar-refractivity contribution is 5.58. The lowest BCUT2D eigenvalue weighted by Gasteiger charge is -2.09. The molecule has 0 saturated carbocycles. The van der Waals surface area contributed by atoms with E-state index < -0.39 is 0 Å². The second kappa shape index (κ2) is 8.10. The van der Waals surface area contributed by atoms with Crippen molar-refractivity contribution < 1.29 is 9.26 Å². The van der Waals surface area contributed by atoms with Crippen molar-refractivity contribution in [3.05, 3.63) is 83.0 Å². The van der Waals surface area contributed by atoms with Crippen LogP contribution >= 0.6 is 0 Å². The number of nitrogens with zero attached hydrogens (tertiary/aromatic N) is 4. The van der Waals surface area contributed by atoms with E-state index in [0.717, 1.165) is 16.9 Å². The molecule has 7 nitrogen and oxygen atoms in total. The van der Waals surface area contributed by atoms with Crippen molar-refractivity contribution in [2.45, 2.75) is 26.5 Å². The Labute approximate surface area is 167 Å². The van der Waals surface area contributed by atoms with Gasteiger partial charge in [-0.2, -0.15) is 10.1 Å². The van der Waals surface area contributed by atoms with Crippen molar-refractivity contribution in [2.24, 2.45) is 0 Å². The van der Waals surface area contributed by atoms with E-state index in [1.165, 1.54) is 10.7 Å². The van der Waals surface area contributed by atoms with Crippen LogP contribution in [-0.4, -0.2) is 26.0 Å².